The van der Waals surface area contributed by atoms with Crippen molar-refractivity contribution >= 4 is 5.91 Å². The molecule has 6 heteroatoms. The largest absolute Gasteiger partial charge is 0.335 e. The van der Waals surface area contributed by atoms with Gasteiger partial charge in [0, 0.05) is 30.8 Å². The molecule has 3 rings (SSSR count). The van der Waals surface area contributed by atoms with Gasteiger partial charge in [0.2, 0.25) is 5.91 Å². The van der Waals surface area contributed by atoms with E-state index in [9.17, 15) is 13.6 Å². The Morgan fingerprint density at radius 1 is 1.16 bits per heavy atom. The Hall–Kier alpha value is -2.34. The van der Waals surface area contributed by atoms with Crippen LogP contribution in [0.4, 0.5) is 8.78 Å². The SMILES string of the molecule is O=C1CC[C@@H](CCNCc2ccccn2)N1Cc1c(F)cccc1F. The van der Waals surface area contributed by atoms with E-state index in [4.69, 9.17) is 0 Å². The molecule has 0 radical (unpaired) electrons. The number of hydrogen-bond donors (Lipinski definition) is 1. The molecular formula is C19H21F2N3O. The lowest BCUT2D eigenvalue weighted by Gasteiger charge is -2.25. The third kappa shape index (κ3) is 4.39. The van der Waals surface area contributed by atoms with Crippen LogP contribution in [0.1, 0.15) is 30.5 Å². The van der Waals surface area contributed by atoms with E-state index in [0.29, 0.717) is 19.5 Å². The van der Waals surface area contributed by atoms with E-state index < -0.39 is 11.6 Å². The molecule has 0 saturated carbocycles. The molecule has 132 valence electrons. The monoisotopic (exact) mass is 345 g/mol. The van der Waals surface area contributed by atoms with E-state index in [-0.39, 0.29) is 24.1 Å². The second-order valence-electron chi connectivity index (χ2n) is 6.20. The highest BCUT2D eigenvalue weighted by atomic mass is 19.1. The van der Waals surface area contributed by atoms with Gasteiger partial charge in [-0.15, -0.1) is 0 Å². The molecule has 1 aliphatic rings. The number of amides is 1. The summed E-state index contributed by atoms with van der Waals surface area (Å²) in [7, 11) is 0. The predicted octanol–water partition coefficient (Wildman–Crippen LogP) is 3.03. The summed E-state index contributed by atoms with van der Waals surface area (Å²) in [5, 5.41) is 3.30. The average Bonchev–Trinajstić information content (AvgIpc) is 2.96. The Morgan fingerprint density at radius 2 is 1.96 bits per heavy atom. The second-order valence-corrected chi connectivity index (χ2v) is 6.20. The maximum atomic E-state index is 13.9. The quantitative estimate of drug-likeness (QED) is 0.785. The van der Waals surface area contributed by atoms with Crippen molar-refractivity contribution in [3.63, 3.8) is 0 Å². The lowest BCUT2D eigenvalue weighted by Crippen LogP contribution is -2.35. The number of nitrogens with one attached hydrogen (secondary N) is 1. The van der Waals surface area contributed by atoms with E-state index >= 15 is 0 Å². The Morgan fingerprint density at radius 3 is 2.68 bits per heavy atom. The van der Waals surface area contributed by atoms with E-state index in [1.54, 1.807) is 11.1 Å². The van der Waals surface area contributed by atoms with Crippen LogP contribution in [0.3, 0.4) is 0 Å². The molecule has 1 amide bonds. The van der Waals surface area contributed by atoms with Gasteiger partial charge < -0.3 is 10.2 Å². The first-order valence-electron chi connectivity index (χ1n) is 8.48. The first kappa shape index (κ1) is 17.5. The summed E-state index contributed by atoms with van der Waals surface area (Å²) in [6.07, 6.45) is 3.65. The minimum absolute atomic E-state index is 0.00254. The number of hydrogen-bond acceptors (Lipinski definition) is 3. The van der Waals surface area contributed by atoms with E-state index in [2.05, 4.69) is 10.3 Å². The lowest BCUT2D eigenvalue weighted by molar-refractivity contribution is -0.129. The minimum atomic E-state index is -0.605. The van der Waals surface area contributed by atoms with Crippen LogP contribution in [0.15, 0.2) is 42.6 Å². The first-order chi connectivity index (χ1) is 12.1. The number of aromatic nitrogens is 1. The van der Waals surface area contributed by atoms with Crippen molar-refractivity contribution in [2.45, 2.75) is 38.4 Å². The summed E-state index contributed by atoms with van der Waals surface area (Å²) in [6.45, 7) is 1.36. The van der Waals surface area contributed by atoms with E-state index in [0.717, 1.165) is 18.5 Å². The third-order valence-electron chi connectivity index (χ3n) is 4.53. The minimum Gasteiger partial charge on any atom is -0.335 e. The average molecular weight is 345 g/mol. The zero-order valence-electron chi connectivity index (χ0n) is 13.9. The van der Waals surface area contributed by atoms with Crippen molar-refractivity contribution < 1.29 is 13.6 Å². The molecule has 1 saturated heterocycles. The second kappa shape index (κ2) is 8.16. The molecule has 0 bridgehead atoms. The molecule has 4 nitrogen and oxygen atoms in total. The van der Waals surface area contributed by atoms with Crippen molar-refractivity contribution in [3.8, 4) is 0 Å². The summed E-state index contributed by atoms with van der Waals surface area (Å²) in [4.78, 5) is 18.0. The van der Waals surface area contributed by atoms with Crippen LogP contribution in [0.25, 0.3) is 0 Å². The van der Waals surface area contributed by atoms with Crippen LogP contribution >= 0.6 is 0 Å². The van der Waals surface area contributed by atoms with E-state index in [1.807, 2.05) is 18.2 Å². The van der Waals surface area contributed by atoms with Crippen molar-refractivity contribution in [1.82, 2.24) is 15.2 Å². The topological polar surface area (TPSA) is 45.2 Å². The van der Waals surface area contributed by atoms with Crippen LogP contribution in [0, 0.1) is 11.6 Å². The van der Waals surface area contributed by atoms with Crippen LogP contribution in [0.5, 0.6) is 0 Å². The highest BCUT2D eigenvalue weighted by Crippen LogP contribution is 2.25. The van der Waals surface area contributed by atoms with Gasteiger partial charge in [0.25, 0.3) is 0 Å². The van der Waals surface area contributed by atoms with Gasteiger partial charge >= 0.3 is 0 Å². The lowest BCUT2D eigenvalue weighted by atomic mass is 10.1. The Labute approximate surface area is 145 Å². The van der Waals surface area contributed by atoms with Crippen molar-refractivity contribution in [2.24, 2.45) is 0 Å². The number of likely N-dealkylation sites (tertiary alicyclic amines) is 1. The van der Waals surface area contributed by atoms with Gasteiger partial charge in [-0.3, -0.25) is 9.78 Å². The number of rotatable bonds is 7. The summed E-state index contributed by atoms with van der Waals surface area (Å²) in [5.41, 5.74) is 0.916. The van der Waals surface area contributed by atoms with Crippen LogP contribution < -0.4 is 5.32 Å². The maximum Gasteiger partial charge on any atom is 0.223 e. The Kier molecular flexibility index (Phi) is 5.71. The summed E-state index contributed by atoms with van der Waals surface area (Å²) < 4.78 is 27.7. The van der Waals surface area contributed by atoms with Gasteiger partial charge in [-0.25, -0.2) is 8.78 Å². The third-order valence-corrected chi connectivity index (χ3v) is 4.53. The summed E-state index contributed by atoms with van der Waals surface area (Å²) in [6, 6.07) is 9.53. The van der Waals surface area contributed by atoms with Crippen LogP contribution in [-0.4, -0.2) is 28.4 Å². The molecule has 0 aliphatic carbocycles. The highest BCUT2D eigenvalue weighted by molar-refractivity contribution is 5.78. The number of halogens is 2. The highest BCUT2D eigenvalue weighted by Gasteiger charge is 2.31. The zero-order chi connectivity index (χ0) is 17.6. The Balaban J connectivity index is 1.55. The Bertz CT molecular complexity index is 704. The molecule has 25 heavy (non-hydrogen) atoms. The standard InChI is InChI=1S/C19H21F2N3O/c20-17-5-3-6-18(21)16(17)13-24-15(7-8-19(24)25)9-11-22-12-14-4-1-2-10-23-14/h1-6,10,15,22H,7-9,11-13H2/t15-/m0/s1. The van der Waals surface area contributed by atoms with Gasteiger partial charge in [0.05, 0.1) is 12.2 Å². The number of carbonyl (C=O) groups is 1. The van der Waals surface area contributed by atoms with Gasteiger partial charge in [-0.2, -0.15) is 0 Å². The van der Waals surface area contributed by atoms with Gasteiger partial charge in [0.15, 0.2) is 0 Å². The molecule has 1 aliphatic heterocycles. The normalized spacial score (nSPS) is 17.3. The smallest absolute Gasteiger partial charge is 0.223 e. The molecule has 1 atom stereocenters. The number of pyridine rings is 1. The fraction of sp³-hybridized carbons (Fsp3) is 0.368. The molecule has 1 fully saturated rings. The van der Waals surface area contributed by atoms with E-state index in [1.165, 1.54) is 18.2 Å². The fourth-order valence-electron chi connectivity index (χ4n) is 3.15. The van der Waals surface area contributed by atoms with Crippen molar-refractivity contribution in [3.05, 3.63) is 65.5 Å². The summed E-state index contributed by atoms with van der Waals surface area (Å²) >= 11 is 0. The first-order valence-corrected chi connectivity index (χ1v) is 8.48. The van der Waals surface area contributed by atoms with Crippen LogP contribution in [-0.2, 0) is 17.9 Å². The number of carbonyl (C=O) groups excluding carboxylic acids is 1. The molecule has 1 N–H and O–H groups in total. The maximum absolute atomic E-state index is 13.9. The molecule has 2 heterocycles. The van der Waals surface area contributed by atoms with Crippen molar-refractivity contribution in [1.29, 1.82) is 0 Å². The molecule has 1 aromatic heterocycles. The number of nitrogens with zero attached hydrogens (tertiary/aromatic N) is 2. The van der Waals surface area contributed by atoms with Gasteiger partial charge in [-0.1, -0.05) is 12.1 Å². The molecular weight excluding hydrogens is 324 g/mol. The van der Waals surface area contributed by atoms with Gasteiger partial charge in [-0.05, 0) is 43.7 Å². The molecule has 0 unspecified atom stereocenters. The van der Waals surface area contributed by atoms with Gasteiger partial charge in [0.1, 0.15) is 11.6 Å². The zero-order valence-corrected chi connectivity index (χ0v) is 13.9. The number of benzene rings is 1. The molecule has 1 aromatic carbocycles. The molecule has 0 spiro atoms. The van der Waals surface area contributed by atoms with Crippen LogP contribution in [0.2, 0.25) is 0 Å². The van der Waals surface area contributed by atoms with Crippen molar-refractivity contribution in [2.75, 3.05) is 6.54 Å². The molecule has 2 aromatic rings. The summed E-state index contributed by atoms with van der Waals surface area (Å²) in [5.74, 6) is -1.25. The predicted molar refractivity (Wildman–Crippen MR) is 90.5 cm³/mol. The fourth-order valence-corrected chi connectivity index (χ4v) is 3.15.